The van der Waals surface area contributed by atoms with E-state index in [0.29, 0.717) is 12.9 Å². The van der Waals surface area contributed by atoms with E-state index in [4.69, 9.17) is 14.9 Å². The predicted octanol–water partition coefficient (Wildman–Crippen LogP) is -0.184. The van der Waals surface area contributed by atoms with Crippen LogP contribution in [0.3, 0.4) is 0 Å². The molecule has 0 radical (unpaired) electrons. The van der Waals surface area contributed by atoms with Crippen molar-refractivity contribution in [2.45, 2.75) is 32.0 Å². The summed E-state index contributed by atoms with van der Waals surface area (Å²) in [4.78, 5) is 20.4. The molecule has 76 valence electrons. The summed E-state index contributed by atoms with van der Waals surface area (Å²) in [6.45, 7) is 2.09. The summed E-state index contributed by atoms with van der Waals surface area (Å²) in [6, 6.07) is 0. The molecule has 0 saturated heterocycles. The molecule has 0 rings (SSSR count). The van der Waals surface area contributed by atoms with E-state index in [9.17, 15) is 9.59 Å². The topological polar surface area (TPSA) is 83.8 Å². The Bertz CT molecular complexity index is 168. The fourth-order valence-electron chi connectivity index (χ4n) is 0.966. The Morgan fingerprint density at radius 1 is 1.62 bits per heavy atom. The monoisotopic (exact) mass is 190 g/mol. The van der Waals surface area contributed by atoms with E-state index in [1.807, 2.05) is 0 Å². The summed E-state index contributed by atoms with van der Waals surface area (Å²) in [5.74, 6) is -1.00. The van der Waals surface area contributed by atoms with Gasteiger partial charge in [0, 0.05) is 13.0 Å². The quantitative estimate of drug-likeness (QED) is 0.544. The van der Waals surface area contributed by atoms with Crippen LogP contribution in [-0.4, -0.2) is 41.3 Å². The lowest BCUT2D eigenvalue weighted by molar-refractivity contribution is -0.141. The van der Waals surface area contributed by atoms with Gasteiger partial charge in [-0.25, -0.2) is 0 Å². The number of carbonyl (C=O) groups is 2. The van der Waals surface area contributed by atoms with Crippen LogP contribution in [-0.2, 0) is 14.3 Å². The number of carboxylic acids is 1. The normalized spacial score (nSPS) is 14.9. The fourth-order valence-corrected chi connectivity index (χ4v) is 0.966. The molecule has 2 unspecified atom stereocenters. The van der Waals surface area contributed by atoms with Crippen LogP contribution in [0.2, 0.25) is 0 Å². The molecule has 0 spiro atoms. The Morgan fingerprint density at radius 3 is 2.62 bits per heavy atom. The van der Waals surface area contributed by atoms with Crippen molar-refractivity contribution in [1.82, 2.24) is 0 Å². The number of aliphatic hydroxyl groups excluding tert-OH is 1. The van der Waals surface area contributed by atoms with Crippen LogP contribution in [0, 0.1) is 0 Å². The van der Waals surface area contributed by atoms with Gasteiger partial charge in [-0.3, -0.25) is 4.79 Å². The largest absolute Gasteiger partial charge is 0.481 e. The smallest absolute Gasteiger partial charge is 0.305 e. The highest BCUT2D eigenvalue weighted by Gasteiger charge is 2.17. The number of hydrogen-bond donors (Lipinski definition) is 2. The zero-order valence-electron chi connectivity index (χ0n) is 7.47. The molecule has 0 heterocycles. The van der Waals surface area contributed by atoms with Crippen molar-refractivity contribution in [3.8, 4) is 0 Å². The standard InChI is InChI=1S/C8H14O5/c1-2-13-7(4-8(11)12)3-6(10)5-9/h5-7,10H,2-4H2,1H3,(H,11,12). The molecule has 0 aliphatic carbocycles. The molecule has 0 aliphatic rings. The van der Waals surface area contributed by atoms with Gasteiger partial charge >= 0.3 is 5.97 Å². The minimum Gasteiger partial charge on any atom is -0.481 e. The average molecular weight is 190 g/mol. The van der Waals surface area contributed by atoms with Gasteiger partial charge in [0.05, 0.1) is 12.5 Å². The molecule has 0 saturated carbocycles. The second-order valence-electron chi connectivity index (χ2n) is 2.61. The molecular formula is C8H14O5. The van der Waals surface area contributed by atoms with Crippen molar-refractivity contribution < 1.29 is 24.5 Å². The molecule has 2 N–H and O–H groups in total. The molecule has 0 amide bonds. The number of carbonyl (C=O) groups excluding carboxylic acids is 1. The number of aldehydes is 1. The number of aliphatic carboxylic acids is 1. The first-order valence-electron chi connectivity index (χ1n) is 4.06. The minimum atomic E-state index is -1.14. The third-order valence-corrected chi connectivity index (χ3v) is 1.47. The summed E-state index contributed by atoms with van der Waals surface area (Å²) in [5, 5.41) is 17.4. The highest BCUT2D eigenvalue weighted by atomic mass is 16.5. The van der Waals surface area contributed by atoms with Gasteiger partial charge in [0.15, 0.2) is 0 Å². The van der Waals surface area contributed by atoms with Crippen LogP contribution >= 0.6 is 0 Å². The van der Waals surface area contributed by atoms with E-state index in [-0.39, 0.29) is 12.8 Å². The van der Waals surface area contributed by atoms with Crippen molar-refractivity contribution in [3.63, 3.8) is 0 Å². The van der Waals surface area contributed by atoms with Crippen LogP contribution in [0.1, 0.15) is 19.8 Å². The lowest BCUT2D eigenvalue weighted by atomic mass is 10.1. The van der Waals surface area contributed by atoms with Crippen LogP contribution in [0.15, 0.2) is 0 Å². The SMILES string of the molecule is CCOC(CC(=O)O)CC(O)C=O. The number of aliphatic hydroxyl groups is 1. The lowest BCUT2D eigenvalue weighted by Crippen LogP contribution is -2.24. The molecule has 0 fully saturated rings. The van der Waals surface area contributed by atoms with Crippen molar-refractivity contribution >= 4 is 12.3 Å². The molecule has 0 aliphatic heterocycles. The van der Waals surface area contributed by atoms with Gasteiger partial charge in [-0.1, -0.05) is 0 Å². The second kappa shape index (κ2) is 6.56. The van der Waals surface area contributed by atoms with E-state index in [1.54, 1.807) is 6.92 Å². The number of hydrogen-bond acceptors (Lipinski definition) is 4. The lowest BCUT2D eigenvalue weighted by Gasteiger charge is -2.15. The van der Waals surface area contributed by atoms with E-state index in [0.717, 1.165) is 0 Å². The van der Waals surface area contributed by atoms with Crippen molar-refractivity contribution in [3.05, 3.63) is 0 Å². The first-order valence-corrected chi connectivity index (χ1v) is 4.06. The highest BCUT2D eigenvalue weighted by molar-refractivity contribution is 5.67. The maximum Gasteiger partial charge on any atom is 0.305 e. The van der Waals surface area contributed by atoms with Gasteiger partial charge in [0.2, 0.25) is 0 Å². The summed E-state index contributed by atoms with van der Waals surface area (Å²) >= 11 is 0. The molecular weight excluding hydrogens is 176 g/mol. The molecule has 0 aromatic rings. The highest BCUT2D eigenvalue weighted by Crippen LogP contribution is 2.06. The van der Waals surface area contributed by atoms with Crippen molar-refractivity contribution in [2.75, 3.05) is 6.61 Å². The van der Waals surface area contributed by atoms with Gasteiger partial charge in [-0.05, 0) is 6.92 Å². The minimum absolute atomic E-state index is 0.0314. The third kappa shape index (κ3) is 6.24. The number of carboxylic acid groups (broad SMARTS) is 1. The summed E-state index contributed by atoms with van der Waals surface area (Å²) < 4.78 is 5.03. The van der Waals surface area contributed by atoms with Gasteiger partial charge < -0.3 is 19.7 Å². The number of ether oxygens (including phenoxy) is 1. The van der Waals surface area contributed by atoms with Gasteiger partial charge in [-0.2, -0.15) is 0 Å². The predicted molar refractivity (Wildman–Crippen MR) is 44.4 cm³/mol. The summed E-state index contributed by atoms with van der Waals surface area (Å²) in [6.07, 6.45) is -1.53. The van der Waals surface area contributed by atoms with Crippen molar-refractivity contribution in [1.29, 1.82) is 0 Å². The van der Waals surface area contributed by atoms with Crippen LogP contribution in [0.4, 0.5) is 0 Å². The van der Waals surface area contributed by atoms with E-state index in [1.165, 1.54) is 0 Å². The molecule has 0 aromatic heterocycles. The molecule has 0 bridgehead atoms. The first-order chi connectivity index (χ1) is 6.10. The Balaban J connectivity index is 3.92. The van der Waals surface area contributed by atoms with E-state index in [2.05, 4.69) is 0 Å². The summed E-state index contributed by atoms with van der Waals surface area (Å²) in [5.41, 5.74) is 0. The Hall–Kier alpha value is -0.940. The molecule has 2 atom stereocenters. The van der Waals surface area contributed by atoms with Crippen molar-refractivity contribution in [2.24, 2.45) is 0 Å². The summed E-state index contributed by atoms with van der Waals surface area (Å²) in [7, 11) is 0. The van der Waals surface area contributed by atoms with Gasteiger partial charge in [0.1, 0.15) is 12.4 Å². The first kappa shape index (κ1) is 12.1. The van der Waals surface area contributed by atoms with Crippen LogP contribution in [0.25, 0.3) is 0 Å². The van der Waals surface area contributed by atoms with Gasteiger partial charge in [0.25, 0.3) is 0 Å². The van der Waals surface area contributed by atoms with E-state index < -0.39 is 18.2 Å². The number of rotatable bonds is 7. The maximum absolute atomic E-state index is 10.3. The molecule has 5 heteroatoms. The Labute approximate surface area is 76.3 Å². The van der Waals surface area contributed by atoms with E-state index >= 15 is 0 Å². The molecule has 5 nitrogen and oxygen atoms in total. The Kier molecular flexibility index (Phi) is 6.09. The third-order valence-electron chi connectivity index (χ3n) is 1.47. The van der Waals surface area contributed by atoms with Crippen LogP contribution < -0.4 is 0 Å². The molecule has 13 heavy (non-hydrogen) atoms. The Morgan fingerprint density at radius 2 is 2.23 bits per heavy atom. The zero-order valence-corrected chi connectivity index (χ0v) is 7.47. The van der Waals surface area contributed by atoms with Crippen LogP contribution in [0.5, 0.6) is 0 Å². The average Bonchev–Trinajstić information content (AvgIpc) is 2.03. The zero-order chi connectivity index (χ0) is 10.3. The fraction of sp³-hybridized carbons (Fsp3) is 0.750. The second-order valence-corrected chi connectivity index (χ2v) is 2.61. The maximum atomic E-state index is 10.3. The molecule has 0 aromatic carbocycles. The van der Waals surface area contributed by atoms with Gasteiger partial charge in [-0.15, -0.1) is 0 Å².